The third-order valence-electron chi connectivity index (χ3n) is 4.48. The van der Waals surface area contributed by atoms with Gasteiger partial charge in [-0.15, -0.1) is 0 Å². The van der Waals surface area contributed by atoms with Crippen LogP contribution in [-0.2, 0) is 9.47 Å². The first-order chi connectivity index (χ1) is 9.00. The normalized spacial score (nSPS) is 39.2. The van der Waals surface area contributed by atoms with Crippen molar-refractivity contribution in [2.75, 3.05) is 19.8 Å². The van der Waals surface area contributed by atoms with Gasteiger partial charge in [0.2, 0.25) is 0 Å². The Labute approximate surface area is 118 Å². The Hall–Kier alpha value is -0.120. The SMILES string of the molecule is CCNC1CCOCC1OC1CC(C)CC(C)(C)C1. The van der Waals surface area contributed by atoms with Crippen molar-refractivity contribution in [2.24, 2.45) is 11.3 Å². The summed E-state index contributed by atoms with van der Waals surface area (Å²) in [4.78, 5) is 0. The average molecular weight is 269 g/mol. The zero-order chi connectivity index (χ0) is 13.9. The summed E-state index contributed by atoms with van der Waals surface area (Å²) >= 11 is 0. The third kappa shape index (κ3) is 4.44. The van der Waals surface area contributed by atoms with Crippen LogP contribution in [0.4, 0.5) is 0 Å². The fourth-order valence-electron chi connectivity index (χ4n) is 3.95. The van der Waals surface area contributed by atoms with Gasteiger partial charge in [0.05, 0.1) is 18.8 Å². The second-order valence-electron chi connectivity index (χ2n) is 7.24. The van der Waals surface area contributed by atoms with E-state index in [-0.39, 0.29) is 6.10 Å². The molecular weight excluding hydrogens is 238 g/mol. The number of hydrogen-bond donors (Lipinski definition) is 1. The highest BCUT2D eigenvalue weighted by Gasteiger charge is 2.35. The van der Waals surface area contributed by atoms with Gasteiger partial charge in [-0.05, 0) is 43.6 Å². The minimum absolute atomic E-state index is 0.236. The predicted molar refractivity (Wildman–Crippen MR) is 78.4 cm³/mol. The van der Waals surface area contributed by atoms with E-state index < -0.39 is 0 Å². The standard InChI is InChI=1S/C16H31NO2/c1-5-17-14-6-7-18-11-15(14)19-13-8-12(2)9-16(3,4)10-13/h12-15,17H,5-11H2,1-4H3. The number of hydrogen-bond acceptors (Lipinski definition) is 3. The van der Waals surface area contributed by atoms with Crippen molar-refractivity contribution in [3.8, 4) is 0 Å². The van der Waals surface area contributed by atoms with Crippen molar-refractivity contribution in [1.82, 2.24) is 5.32 Å². The van der Waals surface area contributed by atoms with Gasteiger partial charge in [-0.2, -0.15) is 0 Å². The topological polar surface area (TPSA) is 30.5 Å². The summed E-state index contributed by atoms with van der Waals surface area (Å²) in [5.74, 6) is 0.774. The van der Waals surface area contributed by atoms with Crippen molar-refractivity contribution in [3.05, 3.63) is 0 Å². The lowest BCUT2D eigenvalue weighted by molar-refractivity contribution is -0.124. The molecule has 0 radical (unpaired) electrons. The molecule has 4 atom stereocenters. The highest BCUT2D eigenvalue weighted by Crippen LogP contribution is 2.40. The molecule has 1 N–H and O–H groups in total. The van der Waals surface area contributed by atoms with Crippen molar-refractivity contribution < 1.29 is 9.47 Å². The number of nitrogens with one attached hydrogen (secondary N) is 1. The lowest BCUT2D eigenvalue weighted by Gasteiger charge is -2.42. The molecule has 112 valence electrons. The van der Waals surface area contributed by atoms with Gasteiger partial charge in [-0.1, -0.05) is 27.7 Å². The second kappa shape index (κ2) is 6.55. The summed E-state index contributed by atoms with van der Waals surface area (Å²) in [5.41, 5.74) is 0.422. The number of ether oxygens (including phenoxy) is 2. The molecular formula is C16H31NO2. The second-order valence-corrected chi connectivity index (χ2v) is 7.24. The molecule has 1 aliphatic heterocycles. The van der Waals surface area contributed by atoms with Gasteiger partial charge in [-0.25, -0.2) is 0 Å². The van der Waals surface area contributed by atoms with Gasteiger partial charge in [0, 0.05) is 12.6 Å². The van der Waals surface area contributed by atoms with Gasteiger partial charge in [-0.3, -0.25) is 0 Å². The highest BCUT2D eigenvalue weighted by atomic mass is 16.5. The molecule has 0 aromatic rings. The summed E-state index contributed by atoms with van der Waals surface area (Å²) in [6.45, 7) is 11.9. The van der Waals surface area contributed by atoms with E-state index in [0.717, 1.165) is 32.1 Å². The van der Waals surface area contributed by atoms with Crippen LogP contribution in [0.1, 0.15) is 53.4 Å². The number of rotatable bonds is 4. The molecule has 3 heteroatoms. The molecule has 1 heterocycles. The molecule has 2 fully saturated rings. The summed E-state index contributed by atoms with van der Waals surface area (Å²) < 4.78 is 12.0. The molecule has 3 nitrogen and oxygen atoms in total. The summed E-state index contributed by atoms with van der Waals surface area (Å²) in [6, 6.07) is 0.471. The van der Waals surface area contributed by atoms with Crippen LogP contribution >= 0.6 is 0 Å². The molecule has 0 spiro atoms. The average Bonchev–Trinajstić information content (AvgIpc) is 2.29. The Balaban J connectivity index is 1.91. The van der Waals surface area contributed by atoms with Crippen LogP contribution in [0.3, 0.4) is 0 Å². The van der Waals surface area contributed by atoms with E-state index in [1.807, 2.05) is 0 Å². The summed E-state index contributed by atoms with van der Waals surface area (Å²) in [6.07, 6.45) is 5.44. The first kappa shape index (κ1) is 15.3. The lowest BCUT2D eigenvalue weighted by Crippen LogP contribution is -2.50. The third-order valence-corrected chi connectivity index (χ3v) is 4.48. The largest absolute Gasteiger partial charge is 0.379 e. The summed E-state index contributed by atoms with van der Waals surface area (Å²) in [7, 11) is 0. The van der Waals surface area contributed by atoms with Crippen molar-refractivity contribution in [2.45, 2.75) is 71.6 Å². The van der Waals surface area contributed by atoms with E-state index in [9.17, 15) is 0 Å². The van der Waals surface area contributed by atoms with Gasteiger partial charge >= 0.3 is 0 Å². The van der Waals surface area contributed by atoms with Gasteiger partial charge < -0.3 is 14.8 Å². The monoisotopic (exact) mass is 269 g/mol. The molecule has 2 rings (SSSR count). The maximum absolute atomic E-state index is 6.42. The molecule has 4 unspecified atom stereocenters. The van der Waals surface area contributed by atoms with Crippen molar-refractivity contribution in [1.29, 1.82) is 0 Å². The Kier molecular flexibility index (Phi) is 5.27. The van der Waals surface area contributed by atoms with E-state index in [1.54, 1.807) is 0 Å². The Morgan fingerprint density at radius 3 is 2.79 bits per heavy atom. The minimum atomic E-state index is 0.236. The van der Waals surface area contributed by atoms with E-state index in [0.29, 0.717) is 17.6 Å². The Morgan fingerprint density at radius 2 is 2.11 bits per heavy atom. The Morgan fingerprint density at radius 1 is 1.32 bits per heavy atom. The molecule has 1 saturated carbocycles. The molecule has 1 aliphatic carbocycles. The lowest BCUT2D eigenvalue weighted by atomic mass is 9.71. The molecule has 1 saturated heterocycles. The molecule has 2 aliphatic rings. The summed E-state index contributed by atoms with van der Waals surface area (Å²) in [5, 5.41) is 3.55. The Bertz CT molecular complexity index is 278. The maximum atomic E-state index is 6.42. The van der Waals surface area contributed by atoms with E-state index in [1.165, 1.54) is 19.3 Å². The molecule has 0 aromatic heterocycles. The van der Waals surface area contributed by atoms with E-state index in [2.05, 4.69) is 33.0 Å². The van der Waals surface area contributed by atoms with Gasteiger partial charge in [0.15, 0.2) is 0 Å². The fourth-order valence-corrected chi connectivity index (χ4v) is 3.95. The van der Waals surface area contributed by atoms with Crippen LogP contribution in [0.25, 0.3) is 0 Å². The van der Waals surface area contributed by atoms with Crippen molar-refractivity contribution in [3.63, 3.8) is 0 Å². The van der Waals surface area contributed by atoms with Crippen LogP contribution in [-0.4, -0.2) is 38.0 Å². The van der Waals surface area contributed by atoms with Crippen LogP contribution < -0.4 is 5.32 Å². The van der Waals surface area contributed by atoms with Crippen LogP contribution in [0.2, 0.25) is 0 Å². The maximum Gasteiger partial charge on any atom is 0.0965 e. The quantitative estimate of drug-likeness (QED) is 0.851. The van der Waals surface area contributed by atoms with E-state index in [4.69, 9.17) is 9.47 Å². The number of likely N-dealkylation sites (N-methyl/N-ethyl adjacent to an activating group) is 1. The first-order valence-corrected chi connectivity index (χ1v) is 7.97. The smallest absolute Gasteiger partial charge is 0.0965 e. The molecule has 0 bridgehead atoms. The van der Waals surface area contributed by atoms with Crippen LogP contribution in [0.15, 0.2) is 0 Å². The van der Waals surface area contributed by atoms with Gasteiger partial charge in [0.25, 0.3) is 0 Å². The van der Waals surface area contributed by atoms with Crippen molar-refractivity contribution >= 4 is 0 Å². The molecule has 0 aromatic carbocycles. The molecule has 0 amide bonds. The van der Waals surface area contributed by atoms with E-state index >= 15 is 0 Å². The van der Waals surface area contributed by atoms with Crippen LogP contribution in [0.5, 0.6) is 0 Å². The molecule has 19 heavy (non-hydrogen) atoms. The van der Waals surface area contributed by atoms with Gasteiger partial charge in [0.1, 0.15) is 0 Å². The fraction of sp³-hybridized carbons (Fsp3) is 1.00. The zero-order valence-corrected chi connectivity index (χ0v) is 13.1. The highest BCUT2D eigenvalue weighted by molar-refractivity contribution is 4.87. The minimum Gasteiger partial charge on any atom is -0.379 e. The predicted octanol–water partition coefficient (Wildman–Crippen LogP) is 2.98. The van der Waals surface area contributed by atoms with Crippen LogP contribution in [0, 0.1) is 11.3 Å². The first-order valence-electron chi connectivity index (χ1n) is 7.97. The zero-order valence-electron chi connectivity index (χ0n) is 13.1.